The molecule has 1 rings (SSSR count). The molecule has 102 valence electrons. The molecule has 0 heterocycles. The summed E-state index contributed by atoms with van der Waals surface area (Å²) in [6.45, 7) is 7.75. The van der Waals surface area contributed by atoms with Gasteiger partial charge in [0.25, 0.3) is 0 Å². The molecule has 1 atom stereocenters. The summed E-state index contributed by atoms with van der Waals surface area (Å²) >= 11 is 3.65. The zero-order valence-electron chi connectivity index (χ0n) is 11.8. The summed E-state index contributed by atoms with van der Waals surface area (Å²) in [5, 5.41) is 3.62. The zero-order chi connectivity index (χ0) is 13.5. The van der Waals surface area contributed by atoms with Crippen molar-refractivity contribution in [3.8, 4) is 5.75 Å². The maximum Gasteiger partial charge on any atom is 0.119 e. The predicted molar refractivity (Wildman–Crippen MR) is 81.2 cm³/mol. The average molecular weight is 314 g/mol. The molecule has 0 aliphatic heterocycles. The molecule has 0 spiro atoms. The summed E-state index contributed by atoms with van der Waals surface area (Å²) in [7, 11) is 1.71. The van der Waals surface area contributed by atoms with Gasteiger partial charge < -0.3 is 10.1 Å². The maximum absolute atomic E-state index is 5.32. The molecule has 0 aromatic heterocycles. The fourth-order valence-corrected chi connectivity index (χ4v) is 2.55. The molecular weight excluding hydrogens is 290 g/mol. The van der Waals surface area contributed by atoms with Crippen LogP contribution in [0.15, 0.2) is 22.7 Å². The van der Waals surface area contributed by atoms with E-state index in [1.807, 2.05) is 6.07 Å². The number of ether oxygens (including phenoxy) is 1. The minimum absolute atomic E-state index is 0.384. The van der Waals surface area contributed by atoms with Crippen molar-refractivity contribution in [3.05, 3.63) is 28.2 Å². The third-order valence-electron chi connectivity index (χ3n) is 2.93. The van der Waals surface area contributed by atoms with Gasteiger partial charge in [0.15, 0.2) is 0 Å². The van der Waals surface area contributed by atoms with Gasteiger partial charge in [0.2, 0.25) is 0 Å². The van der Waals surface area contributed by atoms with Crippen LogP contribution >= 0.6 is 15.9 Å². The molecule has 0 saturated carbocycles. The summed E-state index contributed by atoms with van der Waals surface area (Å²) in [6.07, 6.45) is 2.28. The fraction of sp³-hybridized carbons (Fsp3) is 0.600. The molecule has 0 radical (unpaired) electrons. The van der Waals surface area contributed by atoms with Gasteiger partial charge in [-0.15, -0.1) is 0 Å². The van der Waals surface area contributed by atoms with Crippen LogP contribution in [-0.2, 0) is 0 Å². The van der Waals surface area contributed by atoms with Crippen LogP contribution < -0.4 is 10.1 Å². The third-order valence-corrected chi connectivity index (χ3v) is 3.65. The molecule has 1 unspecified atom stereocenters. The Balaban J connectivity index is 2.94. The highest BCUT2D eigenvalue weighted by molar-refractivity contribution is 9.10. The second kappa shape index (κ2) is 7.80. The first-order valence-electron chi connectivity index (χ1n) is 6.65. The van der Waals surface area contributed by atoms with Gasteiger partial charge in [-0.05, 0) is 49.1 Å². The Bertz CT molecular complexity index is 366. The van der Waals surface area contributed by atoms with Crippen molar-refractivity contribution in [2.45, 2.75) is 39.7 Å². The monoisotopic (exact) mass is 313 g/mol. The number of methoxy groups -OCH3 is 1. The number of rotatable bonds is 7. The Kier molecular flexibility index (Phi) is 6.72. The lowest BCUT2D eigenvalue weighted by Gasteiger charge is -2.22. The van der Waals surface area contributed by atoms with Crippen LogP contribution in [0.4, 0.5) is 0 Å². The number of halogens is 1. The quantitative estimate of drug-likeness (QED) is 0.797. The first-order valence-corrected chi connectivity index (χ1v) is 7.44. The normalized spacial score (nSPS) is 12.8. The molecule has 0 saturated heterocycles. The molecular formula is C15H24BrNO. The van der Waals surface area contributed by atoms with E-state index >= 15 is 0 Å². The maximum atomic E-state index is 5.32. The van der Waals surface area contributed by atoms with Crippen molar-refractivity contribution in [2.24, 2.45) is 5.92 Å². The van der Waals surface area contributed by atoms with Crippen molar-refractivity contribution in [1.82, 2.24) is 5.32 Å². The van der Waals surface area contributed by atoms with Crippen LogP contribution in [0.25, 0.3) is 0 Å². The lowest BCUT2D eigenvalue weighted by molar-refractivity contribution is 0.406. The highest BCUT2D eigenvalue weighted by Gasteiger charge is 2.16. The van der Waals surface area contributed by atoms with Gasteiger partial charge >= 0.3 is 0 Å². The van der Waals surface area contributed by atoms with Crippen molar-refractivity contribution < 1.29 is 4.74 Å². The van der Waals surface area contributed by atoms with Crippen LogP contribution in [0.2, 0.25) is 0 Å². The third kappa shape index (κ3) is 4.62. The van der Waals surface area contributed by atoms with Gasteiger partial charge in [0.1, 0.15) is 5.75 Å². The van der Waals surface area contributed by atoms with Crippen LogP contribution in [0.5, 0.6) is 5.75 Å². The Labute approximate surface area is 119 Å². The van der Waals surface area contributed by atoms with Crippen molar-refractivity contribution in [1.29, 1.82) is 0 Å². The molecule has 1 aromatic carbocycles. The molecule has 0 fully saturated rings. The SMILES string of the molecule is CCCNC(CC(C)C)c1cc(OC)ccc1Br. The first-order chi connectivity index (χ1) is 8.58. The van der Waals surface area contributed by atoms with Gasteiger partial charge in [0.05, 0.1) is 7.11 Å². The number of hydrogen-bond donors (Lipinski definition) is 1. The van der Waals surface area contributed by atoms with E-state index in [0.717, 1.165) is 29.6 Å². The Morgan fingerprint density at radius 2 is 2.06 bits per heavy atom. The van der Waals surface area contributed by atoms with Crippen molar-refractivity contribution >= 4 is 15.9 Å². The van der Waals surface area contributed by atoms with Gasteiger partial charge in [-0.1, -0.05) is 36.7 Å². The zero-order valence-corrected chi connectivity index (χ0v) is 13.4. The lowest BCUT2D eigenvalue weighted by atomic mass is 9.96. The van der Waals surface area contributed by atoms with Crippen molar-refractivity contribution in [3.63, 3.8) is 0 Å². The van der Waals surface area contributed by atoms with E-state index in [4.69, 9.17) is 4.74 Å². The number of nitrogens with one attached hydrogen (secondary N) is 1. The van der Waals surface area contributed by atoms with Gasteiger partial charge in [0, 0.05) is 10.5 Å². The minimum atomic E-state index is 0.384. The Hall–Kier alpha value is -0.540. The second-order valence-corrected chi connectivity index (χ2v) is 5.88. The van der Waals surface area contributed by atoms with Crippen LogP contribution in [0, 0.1) is 5.92 Å². The molecule has 1 N–H and O–H groups in total. The van der Waals surface area contributed by atoms with Gasteiger partial charge in [-0.3, -0.25) is 0 Å². The van der Waals surface area contributed by atoms with E-state index in [9.17, 15) is 0 Å². The highest BCUT2D eigenvalue weighted by atomic mass is 79.9. The molecule has 2 nitrogen and oxygen atoms in total. The number of hydrogen-bond acceptors (Lipinski definition) is 2. The van der Waals surface area contributed by atoms with E-state index < -0.39 is 0 Å². The van der Waals surface area contributed by atoms with E-state index in [1.165, 1.54) is 5.56 Å². The van der Waals surface area contributed by atoms with Gasteiger partial charge in [-0.25, -0.2) is 0 Å². The Morgan fingerprint density at radius 3 is 2.61 bits per heavy atom. The summed E-state index contributed by atoms with van der Waals surface area (Å²) in [4.78, 5) is 0. The van der Waals surface area contributed by atoms with E-state index in [-0.39, 0.29) is 0 Å². The highest BCUT2D eigenvalue weighted by Crippen LogP contribution is 2.31. The lowest BCUT2D eigenvalue weighted by Crippen LogP contribution is -2.24. The smallest absolute Gasteiger partial charge is 0.119 e. The Morgan fingerprint density at radius 1 is 1.33 bits per heavy atom. The van der Waals surface area contributed by atoms with Gasteiger partial charge in [-0.2, -0.15) is 0 Å². The standard InChI is InChI=1S/C15H24BrNO/c1-5-8-17-15(9-11(2)3)13-10-12(18-4)6-7-14(13)16/h6-7,10-11,15,17H,5,8-9H2,1-4H3. The number of benzene rings is 1. The van der Waals surface area contributed by atoms with Crippen molar-refractivity contribution in [2.75, 3.05) is 13.7 Å². The fourth-order valence-electron chi connectivity index (χ4n) is 2.03. The van der Waals surface area contributed by atoms with Crippen LogP contribution in [0.1, 0.15) is 45.2 Å². The summed E-state index contributed by atoms with van der Waals surface area (Å²) < 4.78 is 6.47. The molecule has 3 heteroatoms. The molecule has 1 aromatic rings. The average Bonchev–Trinajstić information content (AvgIpc) is 2.35. The minimum Gasteiger partial charge on any atom is -0.497 e. The summed E-state index contributed by atoms with van der Waals surface area (Å²) in [5.74, 6) is 1.58. The molecule has 0 aliphatic rings. The molecule has 0 bridgehead atoms. The predicted octanol–water partition coefficient (Wildman–Crippen LogP) is 4.54. The molecule has 18 heavy (non-hydrogen) atoms. The first kappa shape index (κ1) is 15.5. The molecule has 0 amide bonds. The van der Waals surface area contributed by atoms with E-state index in [0.29, 0.717) is 12.0 Å². The second-order valence-electron chi connectivity index (χ2n) is 5.02. The van der Waals surface area contributed by atoms with Crippen LogP contribution in [0.3, 0.4) is 0 Å². The van der Waals surface area contributed by atoms with E-state index in [2.05, 4.69) is 54.2 Å². The van der Waals surface area contributed by atoms with Crippen LogP contribution in [-0.4, -0.2) is 13.7 Å². The summed E-state index contributed by atoms with van der Waals surface area (Å²) in [6, 6.07) is 6.56. The topological polar surface area (TPSA) is 21.3 Å². The largest absolute Gasteiger partial charge is 0.497 e. The summed E-state index contributed by atoms with van der Waals surface area (Å²) in [5.41, 5.74) is 1.29. The molecule has 0 aliphatic carbocycles. The van der Waals surface area contributed by atoms with E-state index in [1.54, 1.807) is 7.11 Å².